The minimum atomic E-state index is -3.66. The second kappa shape index (κ2) is 11.3. The molecule has 0 radical (unpaired) electrons. The second-order valence-corrected chi connectivity index (χ2v) is 9.14. The lowest BCUT2D eigenvalue weighted by atomic mass is 10.00. The number of guanidine groups is 1. The number of ether oxygens (including phenoxy) is 1. The van der Waals surface area contributed by atoms with Crippen molar-refractivity contribution in [3.8, 4) is 0 Å². The van der Waals surface area contributed by atoms with Gasteiger partial charge in [-0.15, -0.1) is 24.0 Å². The largest absolute Gasteiger partial charge is 0.370 e. The van der Waals surface area contributed by atoms with Gasteiger partial charge in [0.25, 0.3) is 0 Å². The Morgan fingerprint density at radius 2 is 1.94 bits per heavy atom. The first-order chi connectivity index (χ1) is 14.3. The number of morpholine rings is 1. The van der Waals surface area contributed by atoms with Crippen LogP contribution in [0.2, 0.25) is 0 Å². The molecule has 170 valence electrons. The summed E-state index contributed by atoms with van der Waals surface area (Å²) in [7, 11) is -1.88. The van der Waals surface area contributed by atoms with Gasteiger partial charge in [-0.2, -0.15) is 0 Å². The first kappa shape index (κ1) is 25.6. The molecule has 7 nitrogen and oxygen atoms in total. The minimum absolute atomic E-state index is 0. The van der Waals surface area contributed by atoms with Gasteiger partial charge in [0, 0.05) is 20.1 Å². The zero-order valence-electron chi connectivity index (χ0n) is 18.2. The fraction of sp³-hybridized carbons (Fsp3) is 0.409. The number of aliphatic imine (C=N–C) groups is 1. The molecule has 0 aliphatic carbocycles. The van der Waals surface area contributed by atoms with Gasteiger partial charge in [-0.3, -0.25) is 4.99 Å². The average molecular weight is 558 g/mol. The highest BCUT2D eigenvalue weighted by Crippen LogP contribution is 2.25. The summed E-state index contributed by atoms with van der Waals surface area (Å²) in [6.07, 6.45) is 0.762. The van der Waals surface area contributed by atoms with Crippen molar-refractivity contribution in [1.29, 1.82) is 0 Å². The van der Waals surface area contributed by atoms with Crippen molar-refractivity contribution in [3.63, 3.8) is 0 Å². The maximum atomic E-state index is 11.4. The van der Waals surface area contributed by atoms with Gasteiger partial charge >= 0.3 is 0 Å². The molecule has 0 bridgehead atoms. The predicted octanol–water partition coefficient (Wildman–Crippen LogP) is 2.76. The Morgan fingerprint density at radius 3 is 2.55 bits per heavy atom. The Kier molecular flexibility index (Phi) is 9.28. The van der Waals surface area contributed by atoms with E-state index in [-0.39, 0.29) is 35.0 Å². The molecule has 1 aliphatic rings. The number of hydrogen-bond donors (Lipinski definition) is 2. The standard InChI is InChI=1S/C22H30N4O3S.HI/c1-16-4-9-20(17(2)14-16)21-15-26(12-13-29-21)22(24-3)25-11-10-18-5-7-19(8-6-18)30(23,27)28;/h4-9,14,21H,10-13,15H2,1-3H3,(H,24,25)(H2,23,27,28);1H. The lowest BCUT2D eigenvalue weighted by molar-refractivity contribution is -0.00830. The summed E-state index contributed by atoms with van der Waals surface area (Å²) in [6, 6.07) is 13.1. The van der Waals surface area contributed by atoms with Crippen LogP contribution in [0, 0.1) is 13.8 Å². The van der Waals surface area contributed by atoms with Crippen LogP contribution in [0.5, 0.6) is 0 Å². The number of rotatable bonds is 5. The molecule has 1 saturated heterocycles. The Bertz CT molecular complexity index is 1010. The summed E-state index contributed by atoms with van der Waals surface area (Å²) >= 11 is 0. The monoisotopic (exact) mass is 558 g/mol. The SMILES string of the molecule is CN=C(NCCc1ccc(S(N)(=O)=O)cc1)N1CCOC(c2ccc(C)cc2C)C1.I. The maximum Gasteiger partial charge on any atom is 0.238 e. The molecule has 2 aromatic rings. The zero-order valence-corrected chi connectivity index (χ0v) is 21.3. The molecule has 3 N–H and O–H groups in total. The lowest BCUT2D eigenvalue weighted by Crippen LogP contribution is -2.48. The topological polar surface area (TPSA) is 97.0 Å². The van der Waals surface area contributed by atoms with Crippen LogP contribution in [0.25, 0.3) is 0 Å². The summed E-state index contributed by atoms with van der Waals surface area (Å²) in [5.74, 6) is 0.842. The molecule has 0 aromatic heterocycles. The molecule has 1 unspecified atom stereocenters. The number of aryl methyl sites for hydroxylation is 2. The highest BCUT2D eigenvalue weighted by Gasteiger charge is 2.25. The van der Waals surface area contributed by atoms with Crippen molar-refractivity contribution in [1.82, 2.24) is 10.2 Å². The van der Waals surface area contributed by atoms with Crippen LogP contribution < -0.4 is 10.5 Å². The summed E-state index contributed by atoms with van der Waals surface area (Å²) in [5, 5.41) is 8.55. The van der Waals surface area contributed by atoms with Crippen molar-refractivity contribution in [2.75, 3.05) is 33.3 Å². The molecule has 0 amide bonds. The first-order valence-corrected chi connectivity index (χ1v) is 11.6. The molecule has 0 spiro atoms. The van der Waals surface area contributed by atoms with Crippen LogP contribution in [0.3, 0.4) is 0 Å². The van der Waals surface area contributed by atoms with Crippen LogP contribution >= 0.6 is 24.0 Å². The number of hydrogen-bond acceptors (Lipinski definition) is 4. The zero-order chi connectivity index (χ0) is 21.7. The number of nitrogens with one attached hydrogen (secondary N) is 1. The van der Waals surface area contributed by atoms with Gasteiger partial charge in [0.15, 0.2) is 5.96 Å². The highest BCUT2D eigenvalue weighted by molar-refractivity contribution is 14.0. The quantitative estimate of drug-likeness (QED) is 0.334. The van der Waals surface area contributed by atoms with Gasteiger partial charge in [0.1, 0.15) is 6.10 Å². The van der Waals surface area contributed by atoms with Crippen LogP contribution in [0.4, 0.5) is 0 Å². The van der Waals surface area contributed by atoms with E-state index in [1.165, 1.54) is 28.8 Å². The van der Waals surface area contributed by atoms with E-state index in [0.29, 0.717) is 13.2 Å². The van der Waals surface area contributed by atoms with Crippen molar-refractivity contribution in [2.24, 2.45) is 10.1 Å². The minimum Gasteiger partial charge on any atom is -0.370 e. The number of primary sulfonamides is 1. The van der Waals surface area contributed by atoms with Gasteiger partial charge < -0.3 is 15.0 Å². The molecule has 1 aliphatic heterocycles. The number of nitrogens with zero attached hydrogens (tertiary/aromatic N) is 2. The predicted molar refractivity (Wildman–Crippen MR) is 134 cm³/mol. The van der Waals surface area contributed by atoms with E-state index in [2.05, 4.69) is 47.3 Å². The van der Waals surface area contributed by atoms with Gasteiger partial charge in [0.2, 0.25) is 10.0 Å². The fourth-order valence-electron chi connectivity index (χ4n) is 3.71. The van der Waals surface area contributed by atoms with Crippen LogP contribution in [-0.2, 0) is 21.2 Å². The van der Waals surface area contributed by atoms with Crippen LogP contribution in [0.1, 0.15) is 28.4 Å². The molecule has 1 atom stereocenters. The van der Waals surface area contributed by atoms with Crippen molar-refractivity contribution >= 4 is 40.0 Å². The summed E-state index contributed by atoms with van der Waals surface area (Å²) in [4.78, 5) is 6.78. The molecular formula is C22H31IN4O3S. The summed E-state index contributed by atoms with van der Waals surface area (Å²) in [5.41, 5.74) is 4.74. The molecule has 1 fully saturated rings. The fourth-order valence-corrected chi connectivity index (χ4v) is 4.23. The van der Waals surface area contributed by atoms with Crippen molar-refractivity contribution in [3.05, 3.63) is 64.7 Å². The molecular weight excluding hydrogens is 527 g/mol. The van der Waals surface area contributed by atoms with Crippen molar-refractivity contribution in [2.45, 2.75) is 31.3 Å². The van der Waals surface area contributed by atoms with Crippen LogP contribution in [-0.4, -0.2) is 52.6 Å². The molecule has 31 heavy (non-hydrogen) atoms. The number of sulfonamides is 1. The third kappa shape index (κ3) is 6.90. The molecule has 1 heterocycles. The Hall–Kier alpha value is -1.69. The molecule has 3 rings (SSSR count). The van der Waals surface area contributed by atoms with E-state index < -0.39 is 10.0 Å². The number of benzene rings is 2. The van der Waals surface area contributed by atoms with Crippen molar-refractivity contribution < 1.29 is 13.2 Å². The number of halogens is 1. The van der Waals surface area contributed by atoms with E-state index in [4.69, 9.17) is 9.88 Å². The highest BCUT2D eigenvalue weighted by atomic mass is 127. The van der Waals surface area contributed by atoms with Gasteiger partial charge in [-0.25, -0.2) is 13.6 Å². The molecule has 2 aromatic carbocycles. The van der Waals surface area contributed by atoms with Crippen LogP contribution in [0.15, 0.2) is 52.4 Å². The summed E-state index contributed by atoms with van der Waals surface area (Å²) < 4.78 is 28.8. The van der Waals surface area contributed by atoms with E-state index in [9.17, 15) is 8.42 Å². The Balaban J connectivity index is 0.00000341. The second-order valence-electron chi connectivity index (χ2n) is 7.58. The first-order valence-electron chi connectivity index (χ1n) is 10.0. The van der Waals surface area contributed by atoms with E-state index >= 15 is 0 Å². The Morgan fingerprint density at radius 1 is 1.23 bits per heavy atom. The lowest BCUT2D eigenvalue weighted by Gasteiger charge is -2.36. The third-order valence-corrected chi connectivity index (χ3v) is 6.23. The van der Waals surface area contributed by atoms with E-state index in [0.717, 1.165) is 31.0 Å². The molecule has 9 heteroatoms. The van der Waals surface area contributed by atoms with Gasteiger partial charge in [0.05, 0.1) is 18.0 Å². The third-order valence-electron chi connectivity index (χ3n) is 5.30. The van der Waals surface area contributed by atoms with Gasteiger partial charge in [-0.05, 0) is 49.1 Å². The molecule has 0 saturated carbocycles. The summed E-state index contributed by atoms with van der Waals surface area (Å²) in [6.45, 7) is 7.08. The maximum absolute atomic E-state index is 11.4. The Labute approximate surface area is 202 Å². The average Bonchev–Trinajstić information content (AvgIpc) is 2.71. The van der Waals surface area contributed by atoms with E-state index in [1.807, 2.05) is 0 Å². The van der Waals surface area contributed by atoms with Gasteiger partial charge in [-0.1, -0.05) is 35.9 Å². The normalized spacial score (nSPS) is 17.2. The van der Waals surface area contributed by atoms with E-state index in [1.54, 1.807) is 19.2 Å². The number of nitrogens with two attached hydrogens (primary N) is 1. The smallest absolute Gasteiger partial charge is 0.238 e.